The van der Waals surface area contributed by atoms with Gasteiger partial charge in [0.05, 0.1) is 11.9 Å². The summed E-state index contributed by atoms with van der Waals surface area (Å²) >= 11 is 0. The van der Waals surface area contributed by atoms with Gasteiger partial charge in [-0.3, -0.25) is 9.48 Å². The molecule has 2 heterocycles. The Morgan fingerprint density at radius 3 is 2.72 bits per heavy atom. The minimum Gasteiger partial charge on any atom is -0.382 e. The summed E-state index contributed by atoms with van der Waals surface area (Å²) in [5, 5.41) is 14.1. The molecule has 0 bridgehead atoms. The van der Waals surface area contributed by atoms with Gasteiger partial charge in [0.2, 0.25) is 0 Å². The predicted octanol–water partition coefficient (Wildman–Crippen LogP) is 1.09. The van der Waals surface area contributed by atoms with Gasteiger partial charge < -0.3 is 11.1 Å². The van der Waals surface area contributed by atoms with Crippen LogP contribution in [0.25, 0.3) is 0 Å². The molecule has 0 aliphatic carbocycles. The van der Waals surface area contributed by atoms with Crippen LogP contribution >= 0.6 is 0 Å². The van der Waals surface area contributed by atoms with E-state index in [1.165, 1.54) is 12.1 Å². The fraction of sp³-hybridized carbons (Fsp3) is 0.273. The largest absolute Gasteiger partial charge is 0.382 e. The zero-order valence-electron chi connectivity index (χ0n) is 10.2. The molecule has 0 fully saturated rings. The molecule has 0 aromatic carbocycles. The van der Waals surface area contributed by atoms with E-state index in [4.69, 9.17) is 5.73 Å². The Labute approximate surface area is 104 Å². The van der Waals surface area contributed by atoms with Crippen molar-refractivity contribution in [3.63, 3.8) is 0 Å². The van der Waals surface area contributed by atoms with Gasteiger partial charge in [0, 0.05) is 12.2 Å². The van der Waals surface area contributed by atoms with Crippen LogP contribution in [-0.4, -0.2) is 25.9 Å². The highest BCUT2D eigenvalue weighted by atomic mass is 16.1. The lowest BCUT2D eigenvalue weighted by molar-refractivity contribution is 0.102. The first kappa shape index (κ1) is 12.0. The second-order valence-electron chi connectivity index (χ2n) is 4.10. The van der Waals surface area contributed by atoms with Gasteiger partial charge in [-0.05, 0) is 26.0 Å². The Balaban J connectivity index is 2.08. The first-order valence-corrected chi connectivity index (χ1v) is 5.51. The van der Waals surface area contributed by atoms with Gasteiger partial charge >= 0.3 is 0 Å². The maximum Gasteiger partial charge on any atom is 0.276 e. The zero-order chi connectivity index (χ0) is 13.1. The summed E-state index contributed by atoms with van der Waals surface area (Å²) in [6, 6.07) is 3.29. The summed E-state index contributed by atoms with van der Waals surface area (Å²) in [5.74, 6) is -0.0648. The van der Waals surface area contributed by atoms with E-state index < -0.39 is 0 Å². The molecule has 2 aromatic rings. The molecular weight excluding hydrogens is 232 g/mol. The Kier molecular flexibility index (Phi) is 3.22. The summed E-state index contributed by atoms with van der Waals surface area (Å²) < 4.78 is 1.75. The van der Waals surface area contributed by atoms with Crippen molar-refractivity contribution >= 4 is 17.4 Å². The van der Waals surface area contributed by atoms with Crippen molar-refractivity contribution in [2.45, 2.75) is 19.9 Å². The van der Waals surface area contributed by atoms with Crippen LogP contribution in [0.2, 0.25) is 0 Å². The Bertz CT molecular complexity index is 545. The molecule has 94 valence electrons. The molecule has 0 spiro atoms. The van der Waals surface area contributed by atoms with Crippen molar-refractivity contribution in [1.29, 1.82) is 0 Å². The second-order valence-corrected chi connectivity index (χ2v) is 4.10. The lowest BCUT2D eigenvalue weighted by Crippen LogP contribution is -2.14. The Morgan fingerprint density at radius 2 is 2.17 bits per heavy atom. The molecule has 18 heavy (non-hydrogen) atoms. The number of nitrogen functional groups attached to an aromatic ring is 1. The third kappa shape index (κ3) is 2.62. The molecule has 0 saturated heterocycles. The fourth-order valence-electron chi connectivity index (χ4n) is 1.34. The van der Waals surface area contributed by atoms with Crippen LogP contribution in [0.5, 0.6) is 0 Å². The maximum atomic E-state index is 11.8. The van der Waals surface area contributed by atoms with Crippen molar-refractivity contribution in [3.05, 3.63) is 30.2 Å². The van der Waals surface area contributed by atoms with E-state index in [-0.39, 0.29) is 23.5 Å². The maximum absolute atomic E-state index is 11.8. The van der Waals surface area contributed by atoms with Crippen LogP contribution in [0.4, 0.5) is 11.5 Å². The molecule has 0 atom stereocenters. The average molecular weight is 246 g/mol. The number of nitrogens with zero attached hydrogens (tertiary/aromatic N) is 4. The van der Waals surface area contributed by atoms with Gasteiger partial charge in [0.15, 0.2) is 5.69 Å². The molecule has 0 aliphatic heterocycles. The minimum absolute atomic E-state index is 0.210. The number of carbonyl (C=O) groups is 1. The molecule has 0 radical (unpaired) electrons. The molecule has 7 nitrogen and oxygen atoms in total. The number of nitrogens with one attached hydrogen (secondary N) is 1. The highest BCUT2D eigenvalue weighted by molar-refractivity contribution is 6.02. The number of aromatic nitrogens is 4. The van der Waals surface area contributed by atoms with E-state index in [1.54, 1.807) is 17.1 Å². The van der Waals surface area contributed by atoms with E-state index in [0.717, 1.165) is 0 Å². The SMILES string of the molecule is CC(C)n1cc(NC(=O)c2ccc(N)nn2)cn1. The van der Waals surface area contributed by atoms with Crippen molar-refractivity contribution in [1.82, 2.24) is 20.0 Å². The van der Waals surface area contributed by atoms with E-state index in [2.05, 4.69) is 20.6 Å². The molecule has 0 aliphatic rings. The average Bonchev–Trinajstić information content (AvgIpc) is 2.78. The summed E-state index contributed by atoms with van der Waals surface area (Å²) in [5.41, 5.74) is 6.22. The summed E-state index contributed by atoms with van der Waals surface area (Å²) in [6.45, 7) is 4.01. The van der Waals surface area contributed by atoms with Crippen LogP contribution in [0.15, 0.2) is 24.5 Å². The van der Waals surface area contributed by atoms with E-state index in [0.29, 0.717) is 5.69 Å². The highest BCUT2D eigenvalue weighted by Crippen LogP contribution is 2.11. The predicted molar refractivity (Wildman–Crippen MR) is 67.0 cm³/mol. The van der Waals surface area contributed by atoms with Crippen LogP contribution in [-0.2, 0) is 0 Å². The number of nitrogens with two attached hydrogens (primary N) is 1. The zero-order valence-corrected chi connectivity index (χ0v) is 10.2. The van der Waals surface area contributed by atoms with Gasteiger partial charge in [0.1, 0.15) is 5.82 Å². The third-order valence-electron chi connectivity index (χ3n) is 2.31. The number of hydrogen-bond acceptors (Lipinski definition) is 5. The number of hydrogen-bond donors (Lipinski definition) is 2. The molecule has 1 amide bonds. The van der Waals surface area contributed by atoms with Gasteiger partial charge in [-0.25, -0.2) is 0 Å². The number of carbonyl (C=O) groups excluding carboxylic acids is 1. The molecule has 3 N–H and O–H groups in total. The number of amides is 1. The molecule has 0 unspecified atom stereocenters. The van der Waals surface area contributed by atoms with Crippen LogP contribution in [0.1, 0.15) is 30.4 Å². The topological polar surface area (TPSA) is 98.7 Å². The molecular formula is C11H14N6O. The smallest absolute Gasteiger partial charge is 0.276 e. The Morgan fingerprint density at radius 1 is 1.39 bits per heavy atom. The third-order valence-corrected chi connectivity index (χ3v) is 2.31. The van der Waals surface area contributed by atoms with Crippen molar-refractivity contribution in [3.8, 4) is 0 Å². The summed E-state index contributed by atoms with van der Waals surface area (Å²) in [7, 11) is 0. The van der Waals surface area contributed by atoms with Crippen LogP contribution in [0, 0.1) is 0 Å². The van der Waals surface area contributed by atoms with Crippen molar-refractivity contribution < 1.29 is 4.79 Å². The quantitative estimate of drug-likeness (QED) is 0.844. The van der Waals surface area contributed by atoms with Gasteiger partial charge in [-0.1, -0.05) is 0 Å². The molecule has 2 rings (SSSR count). The standard InChI is InChI=1S/C11H14N6O/c1-7(2)17-6-8(5-13-17)14-11(18)9-3-4-10(12)16-15-9/h3-7H,1-2H3,(H2,12,16)(H,14,18). The van der Waals surface area contributed by atoms with Crippen molar-refractivity contribution in [2.24, 2.45) is 0 Å². The molecule has 0 saturated carbocycles. The van der Waals surface area contributed by atoms with E-state index >= 15 is 0 Å². The van der Waals surface area contributed by atoms with E-state index in [1.807, 2.05) is 13.8 Å². The van der Waals surface area contributed by atoms with Crippen LogP contribution < -0.4 is 11.1 Å². The minimum atomic E-state index is -0.342. The lowest BCUT2D eigenvalue weighted by Gasteiger charge is -2.03. The Hall–Kier alpha value is -2.44. The summed E-state index contributed by atoms with van der Waals surface area (Å²) in [4.78, 5) is 11.8. The molecule has 7 heteroatoms. The van der Waals surface area contributed by atoms with Gasteiger partial charge in [0.25, 0.3) is 5.91 Å². The molecule has 2 aromatic heterocycles. The number of anilines is 2. The lowest BCUT2D eigenvalue weighted by atomic mass is 10.3. The highest BCUT2D eigenvalue weighted by Gasteiger charge is 2.10. The van der Waals surface area contributed by atoms with E-state index in [9.17, 15) is 4.79 Å². The first-order valence-electron chi connectivity index (χ1n) is 5.51. The summed E-state index contributed by atoms with van der Waals surface area (Å²) in [6.07, 6.45) is 3.34. The number of rotatable bonds is 3. The van der Waals surface area contributed by atoms with Crippen LogP contribution in [0.3, 0.4) is 0 Å². The normalized spacial score (nSPS) is 10.6. The van der Waals surface area contributed by atoms with Gasteiger partial charge in [-0.15, -0.1) is 10.2 Å². The fourth-order valence-corrected chi connectivity index (χ4v) is 1.34. The monoisotopic (exact) mass is 246 g/mol. The van der Waals surface area contributed by atoms with Crippen molar-refractivity contribution in [2.75, 3.05) is 11.1 Å². The van der Waals surface area contributed by atoms with Gasteiger partial charge in [-0.2, -0.15) is 5.10 Å². The second kappa shape index (κ2) is 4.82. The first-order chi connectivity index (χ1) is 8.56.